The van der Waals surface area contributed by atoms with Gasteiger partial charge in [-0.05, 0) is 41.0 Å². The molecule has 2 aliphatic rings. The molecule has 0 amide bonds. The zero-order chi connectivity index (χ0) is 25.5. The third-order valence-electron chi connectivity index (χ3n) is 6.03. The molecule has 5 rings (SSSR count). The number of rotatable bonds is 3. The number of halogens is 4. The molecule has 1 fully saturated rings. The van der Waals surface area contributed by atoms with Gasteiger partial charge in [0.25, 0.3) is 0 Å². The maximum atomic E-state index is 13.5. The molecule has 0 saturated carbocycles. The minimum Gasteiger partial charge on any atom is -0.475 e. The largest absolute Gasteiger partial charge is 0.490 e. The minimum atomic E-state index is -5.08. The third-order valence-corrected chi connectivity index (χ3v) is 8.29. The minimum absolute atomic E-state index is 0.0508. The van der Waals surface area contributed by atoms with Crippen LogP contribution in [0, 0.1) is 5.82 Å². The number of sulfone groups is 1. The van der Waals surface area contributed by atoms with Gasteiger partial charge in [-0.2, -0.15) is 18.3 Å². The van der Waals surface area contributed by atoms with Crippen LogP contribution in [0.1, 0.15) is 17.0 Å². The average molecular weight is 511 g/mol. The summed E-state index contributed by atoms with van der Waals surface area (Å²) >= 11 is 0. The van der Waals surface area contributed by atoms with Gasteiger partial charge in [-0.15, -0.1) is 0 Å². The Morgan fingerprint density at radius 2 is 1.86 bits per heavy atom. The van der Waals surface area contributed by atoms with E-state index in [9.17, 15) is 26.0 Å². The van der Waals surface area contributed by atoms with Crippen molar-refractivity contribution >= 4 is 15.8 Å². The fourth-order valence-corrected chi connectivity index (χ4v) is 6.69. The number of carboxylic acids is 1. The quantitative estimate of drug-likeness (QED) is 0.540. The molecule has 3 aromatic rings. The van der Waals surface area contributed by atoms with Crippen LogP contribution in [-0.4, -0.2) is 58.7 Å². The standard InChI is InChI=1S/C21H20FN3O2S.C2HF3O2/c1-24-11-16(9-23-24)15-5-6-20-18(8-15)19-12-25(13-21(19)28(20,26)27)10-14-3-2-4-17(22)7-14;3-2(4,5)1(6)7/h2-9,11,19,21H,10,12-13H2,1H3;(H,6,7). The SMILES string of the molecule is Cn1cc(-c2ccc3c(c2)C2CN(Cc4cccc(F)c4)CC2S3(=O)=O)cn1.O=C(O)C(F)(F)F. The van der Waals surface area contributed by atoms with E-state index in [2.05, 4.69) is 10.00 Å². The zero-order valence-electron chi connectivity index (χ0n) is 18.4. The number of aryl methyl sites for hydroxylation is 1. The van der Waals surface area contributed by atoms with Crippen molar-refractivity contribution in [3.05, 3.63) is 71.8 Å². The monoisotopic (exact) mass is 511 g/mol. The first-order chi connectivity index (χ1) is 16.4. The van der Waals surface area contributed by atoms with Crippen LogP contribution in [0.4, 0.5) is 17.6 Å². The number of nitrogens with zero attached hydrogens (tertiary/aromatic N) is 3. The van der Waals surface area contributed by atoms with Crippen molar-refractivity contribution in [3.8, 4) is 11.1 Å². The second-order valence-corrected chi connectivity index (χ2v) is 10.6. The predicted octanol–water partition coefficient (Wildman–Crippen LogP) is 3.61. The smallest absolute Gasteiger partial charge is 0.475 e. The summed E-state index contributed by atoms with van der Waals surface area (Å²) in [4.78, 5) is 11.5. The molecule has 35 heavy (non-hydrogen) atoms. The van der Waals surface area contributed by atoms with E-state index in [0.717, 1.165) is 22.3 Å². The molecular formula is C23H21F4N3O4S. The van der Waals surface area contributed by atoms with Crippen LogP contribution in [-0.2, 0) is 28.2 Å². The normalized spacial score (nSPS) is 20.6. The molecule has 0 radical (unpaired) electrons. The lowest BCUT2D eigenvalue weighted by molar-refractivity contribution is -0.192. The van der Waals surface area contributed by atoms with Crippen LogP contribution in [0.25, 0.3) is 11.1 Å². The molecule has 2 unspecified atom stereocenters. The van der Waals surface area contributed by atoms with Gasteiger partial charge in [0.15, 0.2) is 9.84 Å². The molecule has 0 spiro atoms. The lowest BCUT2D eigenvalue weighted by Gasteiger charge is -2.17. The number of alkyl halides is 3. The molecular weight excluding hydrogens is 490 g/mol. The summed E-state index contributed by atoms with van der Waals surface area (Å²) in [5.41, 5.74) is 3.71. The zero-order valence-corrected chi connectivity index (χ0v) is 19.2. The van der Waals surface area contributed by atoms with Gasteiger partial charge in [0.05, 0.1) is 16.3 Å². The Bertz CT molecular complexity index is 1370. The highest BCUT2D eigenvalue weighted by Crippen LogP contribution is 2.46. The number of likely N-dealkylation sites (tertiary alicyclic amines) is 1. The summed E-state index contributed by atoms with van der Waals surface area (Å²) < 4.78 is 73.1. The summed E-state index contributed by atoms with van der Waals surface area (Å²) in [6.45, 7) is 1.68. The van der Waals surface area contributed by atoms with Gasteiger partial charge in [0.2, 0.25) is 0 Å². The highest BCUT2D eigenvalue weighted by Gasteiger charge is 2.50. The van der Waals surface area contributed by atoms with Crippen LogP contribution in [0.2, 0.25) is 0 Å². The van der Waals surface area contributed by atoms with Gasteiger partial charge in [-0.1, -0.05) is 18.2 Å². The van der Waals surface area contributed by atoms with Gasteiger partial charge in [0.1, 0.15) is 5.82 Å². The van der Waals surface area contributed by atoms with Gasteiger partial charge in [0, 0.05) is 44.4 Å². The van der Waals surface area contributed by atoms with Gasteiger partial charge >= 0.3 is 12.1 Å². The third kappa shape index (κ3) is 5.08. The fourth-order valence-electron chi connectivity index (χ4n) is 4.50. The van der Waals surface area contributed by atoms with Crippen molar-refractivity contribution < 1.29 is 35.9 Å². The van der Waals surface area contributed by atoms with E-state index in [1.54, 1.807) is 23.0 Å². The molecule has 2 aliphatic heterocycles. The topological polar surface area (TPSA) is 92.5 Å². The highest BCUT2D eigenvalue weighted by molar-refractivity contribution is 7.92. The molecule has 1 N–H and O–H groups in total. The number of carboxylic acid groups (broad SMARTS) is 1. The maximum Gasteiger partial charge on any atom is 0.490 e. The molecule has 7 nitrogen and oxygen atoms in total. The number of aromatic nitrogens is 2. The fraction of sp³-hybridized carbons (Fsp3) is 0.304. The van der Waals surface area contributed by atoms with Crippen molar-refractivity contribution in [2.45, 2.75) is 28.8 Å². The van der Waals surface area contributed by atoms with E-state index in [4.69, 9.17) is 9.90 Å². The first-order valence-electron chi connectivity index (χ1n) is 10.5. The molecule has 0 aliphatic carbocycles. The van der Waals surface area contributed by atoms with Crippen LogP contribution in [0.3, 0.4) is 0 Å². The molecule has 2 aromatic carbocycles. The molecule has 186 valence electrons. The molecule has 1 saturated heterocycles. The number of fused-ring (bicyclic) bond motifs is 3. The van der Waals surface area contributed by atoms with Gasteiger partial charge in [-0.25, -0.2) is 17.6 Å². The first kappa shape index (κ1) is 24.9. The Kier molecular flexibility index (Phi) is 6.45. The summed E-state index contributed by atoms with van der Waals surface area (Å²) in [7, 11) is -1.49. The second-order valence-electron chi connectivity index (χ2n) is 8.47. The van der Waals surface area contributed by atoms with Crippen LogP contribution in [0.15, 0.2) is 59.8 Å². The van der Waals surface area contributed by atoms with Crippen molar-refractivity contribution in [1.82, 2.24) is 14.7 Å². The van der Waals surface area contributed by atoms with Gasteiger partial charge < -0.3 is 5.11 Å². The average Bonchev–Trinajstić information content (AvgIpc) is 3.44. The number of hydrogen-bond acceptors (Lipinski definition) is 5. The van der Waals surface area contributed by atoms with Crippen molar-refractivity contribution in [2.24, 2.45) is 7.05 Å². The summed E-state index contributed by atoms with van der Waals surface area (Å²) in [5, 5.41) is 10.9. The maximum absolute atomic E-state index is 13.5. The Labute approximate surface area is 198 Å². The Morgan fingerprint density at radius 3 is 2.46 bits per heavy atom. The Morgan fingerprint density at radius 1 is 1.14 bits per heavy atom. The molecule has 12 heteroatoms. The van der Waals surface area contributed by atoms with Crippen molar-refractivity contribution in [3.63, 3.8) is 0 Å². The Hall–Kier alpha value is -3.25. The van der Waals surface area contributed by atoms with E-state index in [1.165, 1.54) is 12.1 Å². The lowest BCUT2D eigenvalue weighted by atomic mass is 9.95. The molecule has 2 atom stereocenters. The number of hydrogen-bond donors (Lipinski definition) is 1. The second kappa shape index (κ2) is 9.08. The summed E-state index contributed by atoms with van der Waals surface area (Å²) in [5.74, 6) is -3.08. The van der Waals surface area contributed by atoms with E-state index < -0.39 is 27.2 Å². The van der Waals surface area contributed by atoms with E-state index in [0.29, 0.717) is 24.5 Å². The summed E-state index contributed by atoms with van der Waals surface area (Å²) in [6.07, 6.45) is -1.37. The van der Waals surface area contributed by atoms with E-state index in [-0.39, 0.29) is 11.7 Å². The predicted molar refractivity (Wildman–Crippen MR) is 118 cm³/mol. The molecule has 3 heterocycles. The number of benzene rings is 2. The number of carbonyl (C=O) groups is 1. The number of aliphatic carboxylic acids is 1. The van der Waals surface area contributed by atoms with E-state index in [1.807, 2.05) is 31.4 Å². The molecule has 0 bridgehead atoms. The van der Waals surface area contributed by atoms with Crippen LogP contribution >= 0.6 is 0 Å². The highest BCUT2D eigenvalue weighted by atomic mass is 32.2. The van der Waals surface area contributed by atoms with Gasteiger partial charge in [-0.3, -0.25) is 9.58 Å². The summed E-state index contributed by atoms with van der Waals surface area (Å²) in [6, 6.07) is 12.1. The van der Waals surface area contributed by atoms with E-state index >= 15 is 0 Å². The van der Waals surface area contributed by atoms with Crippen LogP contribution < -0.4 is 0 Å². The van der Waals surface area contributed by atoms with Crippen molar-refractivity contribution in [2.75, 3.05) is 13.1 Å². The van der Waals surface area contributed by atoms with Crippen LogP contribution in [0.5, 0.6) is 0 Å². The van der Waals surface area contributed by atoms with Crippen molar-refractivity contribution in [1.29, 1.82) is 0 Å². The molecule has 1 aromatic heterocycles. The lowest BCUT2D eigenvalue weighted by Crippen LogP contribution is -2.25. The Balaban J connectivity index is 0.000000364. The first-order valence-corrected chi connectivity index (χ1v) is 12.0.